The van der Waals surface area contributed by atoms with Crippen LogP contribution in [0.25, 0.3) is 10.9 Å². The van der Waals surface area contributed by atoms with Gasteiger partial charge in [0, 0.05) is 42.9 Å². The topological polar surface area (TPSA) is 80.4 Å². The summed E-state index contributed by atoms with van der Waals surface area (Å²) in [6.45, 7) is 4.34. The third kappa shape index (κ3) is 6.22. The van der Waals surface area contributed by atoms with Gasteiger partial charge in [0.05, 0.1) is 12.6 Å². The Bertz CT molecular complexity index is 1070. The molecule has 0 bridgehead atoms. The van der Waals surface area contributed by atoms with Crippen molar-refractivity contribution in [2.75, 3.05) is 26.4 Å². The van der Waals surface area contributed by atoms with E-state index in [0.29, 0.717) is 38.4 Å². The molecule has 2 aromatic carbocycles. The van der Waals surface area contributed by atoms with E-state index < -0.39 is 0 Å². The van der Waals surface area contributed by atoms with Crippen molar-refractivity contribution in [1.29, 1.82) is 0 Å². The zero-order valence-electron chi connectivity index (χ0n) is 18.8. The van der Waals surface area contributed by atoms with Crippen LogP contribution in [-0.2, 0) is 20.7 Å². The molecule has 0 spiro atoms. The van der Waals surface area contributed by atoms with Crippen molar-refractivity contribution < 1.29 is 19.1 Å². The van der Waals surface area contributed by atoms with Crippen LogP contribution in [0.3, 0.4) is 0 Å². The summed E-state index contributed by atoms with van der Waals surface area (Å²) in [5.74, 6) is 0.0279. The Hall–Kier alpha value is -2.67. The fourth-order valence-electron chi connectivity index (χ4n) is 4.36. The highest BCUT2D eigenvalue weighted by atomic mass is 35.5. The minimum absolute atomic E-state index is 0. The highest BCUT2D eigenvalue weighted by Gasteiger charge is 2.33. The van der Waals surface area contributed by atoms with Crippen molar-refractivity contribution in [1.82, 2.24) is 10.3 Å². The van der Waals surface area contributed by atoms with Gasteiger partial charge in [-0.1, -0.05) is 36.4 Å². The summed E-state index contributed by atoms with van der Waals surface area (Å²) < 4.78 is 10.6. The third-order valence-electron chi connectivity index (χ3n) is 5.95. The van der Waals surface area contributed by atoms with E-state index in [0.717, 1.165) is 29.4 Å². The van der Waals surface area contributed by atoms with Crippen LogP contribution in [0.2, 0.25) is 0 Å². The summed E-state index contributed by atoms with van der Waals surface area (Å²) in [5.41, 5.74) is 3.42. The Morgan fingerprint density at radius 2 is 1.88 bits per heavy atom. The number of fused-ring (bicyclic) bond motifs is 1. The first-order chi connectivity index (χ1) is 15.7. The molecule has 33 heavy (non-hydrogen) atoms. The number of rotatable bonds is 10. The monoisotopic (exact) mass is 470 g/mol. The molecule has 2 atom stereocenters. The zero-order chi connectivity index (χ0) is 22.3. The lowest BCUT2D eigenvalue weighted by atomic mass is 9.88. The molecule has 2 N–H and O–H groups in total. The van der Waals surface area contributed by atoms with E-state index in [-0.39, 0.29) is 36.1 Å². The summed E-state index contributed by atoms with van der Waals surface area (Å²) >= 11 is 0. The summed E-state index contributed by atoms with van der Waals surface area (Å²) in [6, 6.07) is 17.7. The number of ether oxygens (including phenoxy) is 2. The number of nitrogens with one attached hydrogen (secondary N) is 2. The van der Waals surface area contributed by atoms with Crippen molar-refractivity contribution in [3.05, 3.63) is 71.4 Å². The number of carbonyl (C=O) groups excluding carboxylic acids is 2. The first-order valence-electron chi connectivity index (χ1n) is 11.3. The molecule has 1 aromatic heterocycles. The number of benzene rings is 2. The highest BCUT2D eigenvalue weighted by molar-refractivity contribution is 5.95. The second-order valence-corrected chi connectivity index (χ2v) is 8.17. The Balaban J connectivity index is 0.00000306. The van der Waals surface area contributed by atoms with E-state index in [1.54, 1.807) is 6.07 Å². The number of carbonyl (C=O) groups is 2. The summed E-state index contributed by atoms with van der Waals surface area (Å²) in [7, 11) is 0. The van der Waals surface area contributed by atoms with Crippen LogP contribution in [0.1, 0.15) is 47.3 Å². The molecule has 0 radical (unpaired) electrons. The number of hydrogen-bond donors (Lipinski definition) is 2. The van der Waals surface area contributed by atoms with Crippen molar-refractivity contribution in [2.24, 2.45) is 0 Å². The van der Waals surface area contributed by atoms with Gasteiger partial charge in [-0.3, -0.25) is 4.79 Å². The summed E-state index contributed by atoms with van der Waals surface area (Å²) in [6.07, 6.45) is 2.00. The lowest BCUT2D eigenvalue weighted by molar-refractivity contribution is -0.120. The number of Topliss-reactive ketones (excluding diaryl/α,β-unsaturated/α-hetero) is 1. The lowest BCUT2D eigenvalue weighted by Crippen LogP contribution is -2.35. The normalized spacial score (nSPS) is 17.6. The van der Waals surface area contributed by atoms with Crippen LogP contribution in [0.15, 0.2) is 54.6 Å². The van der Waals surface area contributed by atoms with Crippen LogP contribution in [0.5, 0.6) is 0 Å². The van der Waals surface area contributed by atoms with Gasteiger partial charge < -0.3 is 19.8 Å². The molecule has 2 heterocycles. The molecule has 0 amide bonds. The predicted octanol–water partition coefficient (Wildman–Crippen LogP) is 4.43. The molecule has 1 fully saturated rings. The smallest absolute Gasteiger partial charge is 0.354 e. The molecule has 1 aliphatic heterocycles. The Morgan fingerprint density at radius 3 is 2.67 bits per heavy atom. The van der Waals surface area contributed by atoms with Crippen molar-refractivity contribution in [2.45, 2.75) is 38.1 Å². The molecule has 1 aliphatic rings. The second kappa shape index (κ2) is 12.0. The number of aromatic nitrogens is 1. The number of aromatic amines is 1. The van der Waals surface area contributed by atoms with Gasteiger partial charge in [0.15, 0.2) is 5.78 Å². The van der Waals surface area contributed by atoms with Crippen molar-refractivity contribution in [3.63, 3.8) is 0 Å². The van der Waals surface area contributed by atoms with Gasteiger partial charge in [0.1, 0.15) is 5.69 Å². The standard InChI is InChI=1S/C26H30N2O4.ClH/c1-2-31-13-6-14-32-26(30)23-17-20-15-18(9-10-22(20)28-23)16-24(29)25-21(11-12-27-25)19-7-4-3-5-8-19;/h3-5,7-10,15,17,21,25,27-28H,2,6,11-14,16H2,1H3;1H/t21-,25-;/m0./s1. The van der Waals surface area contributed by atoms with Crippen LogP contribution in [0.4, 0.5) is 0 Å². The van der Waals surface area contributed by atoms with Crippen molar-refractivity contribution >= 4 is 35.1 Å². The predicted molar refractivity (Wildman–Crippen MR) is 131 cm³/mol. The minimum atomic E-state index is -0.379. The first-order valence-corrected chi connectivity index (χ1v) is 11.3. The van der Waals surface area contributed by atoms with E-state index in [4.69, 9.17) is 9.47 Å². The number of halogens is 1. The van der Waals surface area contributed by atoms with Gasteiger partial charge in [-0.25, -0.2) is 4.79 Å². The average molecular weight is 471 g/mol. The maximum atomic E-state index is 13.1. The Kier molecular flexibility index (Phi) is 9.06. The molecule has 0 aliphatic carbocycles. The quantitative estimate of drug-likeness (QED) is 0.338. The molecule has 0 saturated carbocycles. The van der Waals surface area contributed by atoms with Gasteiger partial charge in [-0.2, -0.15) is 0 Å². The van der Waals surface area contributed by atoms with E-state index in [1.807, 2.05) is 43.3 Å². The van der Waals surface area contributed by atoms with Crippen molar-refractivity contribution in [3.8, 4) is 0 Å². The van der Waals surface area contributed by atoms with E-state index in [9.17, 15) is 9.59 Å². The third-order valence-corrected chi connectivity index (χ3v) is 5.95. The maximum absolute atomic E-state index is 13.1. The van der Waals surface area contributed by atoms with Gasteiger partial charge in [0.2, 0.25) is 0 Å². The van der Waals surface area contributed by atoms with Gasteiger partial charge >= 0.3 is 5.97 Å². The minimum Gasteiger partial charge on any atom is -0.461 e. The van der Waals surface area contributed by atoms with Crippen LogP contribution in [0, 0.1) is 0 Å². The number of H-pyrrole nitrogens is 1. The summed E-state index contributed by atoms with van der Waals surface area (Å²) in [5, 5.41) is 4.29. The maximum Gasteiger partial charge on any atom is 0.354 e. The molecule has 176 valence electrons. The molecule has 0 unspecified atom stereocenters. The lowest BCUT2D eigenvalue weighted by Gasteiger charge is -2.19. The molecule has 6 nitrogen and oxygen atoms in total. The molecular formula is C26H31ClN2O4. The van der Waals surface area contributed by atoms with Gasteiger partial charge in [-0.15, -0.1) is 12.4 Å². The molecular weight excluding hydrogens is 440 g/mol. The Labute approximate surface area is 200 Å². The largest absolute Gasteiger partial charge is 0.461 e. The number of ketones is 1. The van der Waals surface area contributed by atoms with Crippen LogP contribution in [-0.4, -0.2) is 49.1 Å². The van der Waals surface area contributed by atoms with Gasteiger partial charge in [0.25, 0.3) is 0 Å². The average Bonchev–Trinajstić information content (AvgIpc) is 3.46. The van der Waals surface area contributed by atoms with Gasteiger partial charge in [-0.05, 0) is 49.2 Å². The highest BCUT2D eigenvalue weighted by Crippen LogP contribution is 2.29. The van der Waals surface area contributed by atoms with Crippen LogP contribution < -0.4 is 5.32 Å². The zero-order valence-corrected chi connectivity index (χ0v) is 19.7. The SMILES string of the molecule is CCOCCCOC(=O)c1cc2cc(CC(=O)[C@H]3NCC[C@H]3c3ccccc3)ccc2[nH]1.Cl. The fraction of sp³-hybridized carbons (Fsp3) is 0.385. The van der Waals surface area contributed by atoms with E-state index in [1.165, 1.54) is 5.56 Å². The summed E-state index contributed by atoms with van der Waals surface area (Å²) in [4.78, 5) is 28.5. The first kappa shape index (κ1) is 25.0. The Morgan fingerprint density at radius 1 is 1.06 bits per heavy atom. The molecule has 1 saturated heterocycles. The van der Waals surface area contributed by atoms with E-state index >= 15 is 0 Å². The molecule has 7 heteroatoms. The molecule has 4 rings (SSSR count). The second-order valence-electron chi connectivity index (χ2n) is 8.17. The molecule has 3 aromatic rings. The number of esters is 1. The van der Waals surface area contributed by atoms with E-state index in [2.05, 4.69) is 22.4 Å². The fourth-order valence-corrected chi connectivity index (χ4v) is 4.36. The number of hydrogen-bond acceptors (Lipinski definition) is 5. The van der Waals surface area contributed by atoms with Crippen LogP contribution >= 0.6 is 12.4 Å².